The number of hydrogen-bond acceptors (Lipinski definition) is 3. The van der Waals surface area contributed by atoms with Crippen LogP contribution in [0.2, 0.25) is 0 Å². The van der Waals surface area contributed by atoms with Crippen molar-refractivity contribution < 1.29 is 18.0 Å². The number of halogens is 3. The SMILES string of the molecule is N#Cc1cc(N2CCNC(=O)C2)ccc1C(F)(F)F. The van der Waals surface area contributed by atoms with E-state index in [4.69, 9.17) is 5.26 Å². The lowest BCUT2D eigenvalue weighted by molar-refractivity contribution is -0.137. The Bertz CT molecular complexity index is 548. The van der Waals surface area contributed by atoms with Gasteiger partial charge in [0.15, 0.2) is 0 Å². The van der Waals surface area contributed by atoms with Crippen molar-refractivity contribution in [2.24, 2.45) is 0 Å². The number of amides is 1. The molecule has 0 radical (unpaired) electrons. The van der Waals surface area contributed by atoms with Gasteiger partial charge in [0.05, 0.1) is 23.7 Å². The molecule has 1 saturated heterocycles. The third-order valence-corrected chi connectivity index (χ3v) is 2.83. The minimum Gasteiger partial charge on any atom is -0.360 e. The van der Waals surface area contributed by atoms with Crippen molar-refractivity contribution in [3.8, 4) is 6.07 Å². The number of nitriles is 1. The third kappa shape index (κ3) is 2.78. The van der Waals surface area contributed by atoms with Gasteiger partial charge in [-0.1, -0.05) is 0 Å². The van der Waals surface area contributed by atoms with Crippen LogP contribution in [0.15, 0.2) is 18.2 Å². The molecule has 1 heterocycles. The van der Waals surface area contributed by atoms with E-state index in [-0.39, 0.29) is 12.5 Å². The van der Waals surface area contributed by atoms with Gasteiger partial charge in [-0.3, -0.25) is 4.79 Å². The van der Waals surface area contributed by atoms with E-state index in [9.17, 15) is 18.0 Å². The molecule has 100 valence electrons. The number of rotatable bonds is 1. The standard InChI is InChI=1S/C12H10F3N3O/c13-12(14,15)10-2-1-9(5-8(10)6-16)18-4-3-17-11(19)7-18/h1-2,5H,3-4,7H2,(H,17,19). The molecule has 7 heteroatoms. The first kappa shape index (κ1) is 13.2. The van der Waals surface area contributed by atoms with Gasteiger partial charge in [0.1, 0.15) is 0 Å². The van der Waals surface area contributed by atoms with Crippen LogP contribution < -0.4 is 10.2 Å². The fourth-order valence-corrected chi connectivity index (χ4v) is 1.93. The maximum absolute atomic E-state index is 12.6. The lowest BCUT2D eigenvalue weighted by atomic mass is 10.1. The maximum Gasteiger partial charge on any atom is 0.417 e. The van der Waals surface area contributed by atoms with Crippen LogP contribution >= 0.6 is 0 Å². The summed E-state index contributed by atoms with van der Waals surface area (Å²) in [7, 11) is 0. The number of benzene rings is 1. The number of piperazine rings is 1. The molecule has 0 atom stereocenters. The number of carbonyl (C=O) groups is 1. The number of hydrogen-bond donors (Lipinski definition) is 1. The smallest absolute Gasteiger partial charge is 0.360 e. The highest BCUT2D eigenvalue weighted by Crippen LogP contribution is 2.33. The topological polar surface area (TPSA) is 56.1 Å². The molecule has 1 amide bonds. The number of nitrogens with one attached hydrogen (secondary N) is 1. The Balaban J connectivity index is 2.34. The minimum absolute atomic E-state index is 0.0796. The summed E-state index contributed by atoms with van der Waals surface area (Å²) in [6, 6.07) is 4.87. The normalized spacial score (nSPS) is 15.9. The zero-order valence-electron chi connectivity index (χ0n) is 9.79. The molecule has 0 saturated carbocycles. The molecule has 4 nitrogen and oxygen atoms in total. The van der Waals surface area contributed by atoms with Crippen LogP contribution in [-0.4, -0.2) is 25.5 Å². The Morgan fingerprint density at radius 3 is 2.68 bits per heavy atom. The van der Waals surface area contributed by atoms with E-state index in [1.165, 1.54) is 12.1 Å². The highest BCUT2D eigenvalue weighted by Gasteiger charge is 2.34. The van der Waals surface area contributed by atoms with Crippen LogP contribution in [0.5, 0.6) is 0 Å². The molecule has 0 unspecified atom stereocenters. The van der Waals surface area contributed by atoms with Crippen molar-refractivity contribution in [3.05, 3.63) is 29.3 Å². The zero-order chi connectivity index (χ0) is 14.0. The van der Waals surface area contributed by atoms with Crippen molar-refractivity contribution >= 4 is 11.6 Å². The van der Waals surface area contributed by atoms with Crippen LogP contribution in [0.1, 0.15) is 11.1 Å². The van der Waals surface area contributed by atoms with Crippen LogP contribution in [0.4, 0.5) is 18.9 Å². The third-order valence-electron chi connectivity index (χ3n) is 2.83. The molecular weight excluding hydrogens is 259 g/mol. The summed E-state index contributed by atoms with van der Waals surface area (Å²) < 4.78 is 37.9. The lowest BCUT2D eigenvalue weighted by Crippen LogP contribution is -2.47. The summed E-state index contributed by atoms with van der Waals surface area (Å²) in [4.78, 5) is 12.9. The Labute approximate surface area is 107 Å². The molecule has 0 aromatic heterocycles. The molecular formula is C12H10F3N3O. The van der Waals surface area contributed by atoms with Crippen molar-refractivity contribution in [1.82, 2.24) is 5.32 Å². The highest BCUT2D eigenvalue weighted by atomic mass is 19.4. The molecule has 0 spiro atoms. The van der Waals surface area contributed by atoms with E-state index in [0.29, 0.717) is 18.8 Å². The first-order valence-corrected chi connectivity index (χ1v) is 5.55. The van der Waals surface area contributed by atoms with Gasteiger partial charge >= 0.3 is 6.18 Å². The molecule has 1 aromatic rings. The first-order valence-electron chi connectivity index (χ1n) is 5.55. The summed E-state index contributed by atoms with van der Waals surface area (Å²) >= 11 is 0. The van der Waals surface area contributed by atoms with Gasteiger partial charge in [-0.05, 0) is 18.2 Å². The number of alkyl halides is 3. The predicted molar refractivity (Wildman–Crippen MR) is 61.4 cm³/mol. The van der Waals surface area contributed by atoms with Gasteiger partial charge in [0.25, 0.3) is 0 Å². The van der Waals surface area contributed by atoms with Crippen LogP contribution in [0.25, 0.3) is 0 Å². The first-order chi connectivity index (χ1) is 8.91. The molecule has 0 aliphatic carbocycles. The quantitative estimate of drug-likeness (QED) is 0.840. The second kappa shape index (κ2) is 4.80. The van der Waals surface area contributed by atoms with Gasteiger partial charge < -0.3 is 10.2 Å². The Morgan fingerprint density at radius 2 is 2.11 bits per heavy atom. The second-order valence-corrected chi connectivity index (χ2v) is 4.11. The molecule has 2 rings (SSSR count). The van der Waals surface area contributed by atoms with Crippen molar-refractivity contribution in [3.63, 3.8) is 0 Å². The van der Waals surface area contributed by atoms with Crippen molar-refractivity contribution in [2.75, 3.05) is 24.5 Å². The monoisotopic (exact) mass is 269 g/mol. The van der Waals surface area contributed by atoms with E-state index < -0.39 is 17.3 Å². The van der Waals surface area contributed by atoms with E-state index >= 15 is 0 Å². The van der Waals surface area contributed by atoms with E-state index in [2.05, 4.69) is 5.32 Å². The Kier molecular flexibility index (Phi) is 3.34. The highest BCUT2D eigenvalue weighted by molar-refractivity contribution is 5.82. The summed E-state index contributed by atoms with van der Waals surface area (Å²) in [5.74, 6) is -0.190. The Morgan fingerprint density at radius 1 is 1.37 bits per heavy atom. The van der Waals surface area contributed by atoms with Gasteiger partial charge in [0.2, 0.25) is 5.91 Å². The molecule has 1 N–H and O–H groups in total. The van der Waals surface area contributed by atoms with E-state index in [1.807, 2.05) is 0 Å². The second-order valence-electron chi connectivity index (χ2n) is 4.11. The predicted octanol–water partition coefficient (Wildman–Crippen LogP) is 1.51. The van der Waals surface area contributed by atoms with Crippen LogP contribution in [0, 0.1) is 11.3 Å². The average Bonchev–Trinajstić information content (AvgIpc) is 2.37. The largest absolute Gasteiger partial charge is 0.417 e. The summed E-state index contributed by atoms with van der Waals surface area (Å²) in [6.07, 6.45) is -4.55. The van der Waals surface area contributed by atoms with E-state index in [0.717, 1.165) is 6.07 Å². The molecule has 19 heavy (non-hydrogen) atoms. The molecule has 1 fully saturated rings. The molecule has 1 aliphatic rings. The average molecular weight is 269 g/mol. The summed E-state index contributed by atoms with van der Waals surface area (Å²) in [6.45, 7) is 1.01. The number of anilines is 1. The number of carbonyl (C=O) groups excluding carboxylic acids is 1. The molecule has 0 bridgehead atoms. The number of nitrogens with zero attached hydrogens (tertiary/aromatic N) is 2. The molecule has 1 aromatic carbocycles. The van der Waals surface area contributed by atoms with Crippen LogP contribution in [-0.2, 0) is 11.0 Å². The Hall–Kier alpha value is -2.23. The fourth-order valence-electron chi connectivity index (χ4n) is 1.93. The minimum atomic E-state index is -4.55. The maximum atomic E-state index is 12.6. The van der Waals surface area contributed by atoms with Gasteiger partial charge in [-0.15, -0.1) is 0 Å². The zero-order valence-corrected chi connectivity index (χ0v) is 9.79. The summed E-state index contributed by atoms with van der Waals surface area (Å²) in [5.41, 5.74) is -0.949. The van der Waals surface area contributed by atoms with Gasteiger partial charge in [-0.25, -0.2) is 0 Å². The van der Waals surface area contributed by atoms with E-state index in [1.54, 1.807) is 11.0 Å². The molecule has 1 aliphatic heterocycles. The van der Waals surface area contributed by atoms with Crippen LogP contribution in [0.3, 0.4) is 0 Å². The lowest BCUT2D eigenvalue weighted by Gasteiger charge is -2.29. The van der Waals surface area contributed by atoms with Crippen molar-refractivity contribution in [2.45, 2.75) is 6.18 Å². The van der Waals surface area contributed by atoms with Gasteiger partial charge in [-0.2, -0.15) is 18.4 Å². The van der Waals surface area contributed by atoms with Gasteiger partial charge in [0, 0.05) is 18.8 Å². The van der Waals surface area contributed by atoms with Crippen molar-refractivity contribution in [1.29, 1.82) is 5.26 Å². The fraction of sp³-hybridized carbons (Fsp3) is 0.333. The summed E-state index contributed by atoms with van der Waals surface area (Å²) in [5, 5.41) is 11.4.